The number of carbonyl (C=O) groups excluding carboxylic acids is 2. The first-order chi connectivity index (χ1) is 11.1. The average Bonchev–Trinajstić information content (AvgIpc) is 2.86. The Bertz CT molecular complexity index is 569. The molecule has 0 spiro atoms. The Morgan fingerprint density at radius 1 is 1.17 bits per heavy atom. The first-order valence-electron chi connectivity index (χ1n) is 8.29. The number of fused-ring (bicyclic) bond motifs is 2. The molecule has 6 nitrogen and oxygen atoms in total. The molecule has 1 aromatic carbocycles. The zero-order valence-electron chi connectivity index (χ0n) is 13.8. The van der Waals surface area contributed by atoms with E-state index in [1.165, 1.54) is 6.42 Å². The summed E-state index contributed by atoms with van der Waals surface area (Å²) in [6, 6.07) is 9.26. The summed E-state index contributed by atoms with van der Waals surface area (Å²) in [4.78, 5) is 26.5. The van der Waals surface area contributed by atoms with Gasteiger partial charge < -0.3 is 20.9 Å². The third-order valence-electron chi connectivity index (χ3n) is 4.58. The molecule has 1 aromatic rings. The second kappa shape index (κ2) is 8.35. The van der Waals surface area contributed by atoms with Gasteiger partial charge in [-0.1, -0.05) is 18.2 Å². The van der Waals surface area contributed by atoms with E-state index in [9.17, 15) is 9.59 Å². The fourth-order valence-electron chi connectivity index (χ4n) is 3.36. The van der Waals surface area contributed by atoms with Gasteiger partial charge in [-0.05, 0) is 38.3 Å². The van der Waals surface area contributed by atoms with E-state index in [1.54, 1.807) is 6.92 Å². The number of carbonyl (C=O) groups is 2. The third kappa shape index (κ3) is 4.61. The normalized spacial score (nSPS) is 23.6. The summed E-state index contributed by atoms with van der Waals surface area (Å²) in [5, 5.41) is 9.02. The molecular weight excluding hydrogens is 328 g/mol. The van der Waals surface area contributed by atoms with Gasteiger partial charge in [-0.25, -0.2) is 4.79 Å². The molecule has 7 heteroatoms. The summed E-state index contributed by atoms with van der Waals surface area (Å²) < 4.78 is 0. The molecule has 3 rings (SSSR count). The Morgan fingerprint density at radius 3 is 2.62 bits per heavy atom. The third-order valence-corrected chi connectivity index (χ3v) is 4.58. The van der Waals surface area contributed by atoms with Crippen LogP contribution in [0.25, 0.3) is 0 Å². The van der Waals surface area contributed by atoms with Gasteiger partial charge in [0.15, 0.2) is 0 Å². The van der Waals surface area contributed by atoms with Crippen LogP contribution in [-0.4, -0.2) is 48.1 Å². The summed E-state index contributed by atoms with van der Waals surface area (Å²) in [6.07, 6.45) is 3.33. The molecule has 24 heavy (non-hydrogen) atoms. The minimum Gasteiger partial charge on any atom is -0.339 e. The van der Waals surface area contributed by atoms with Crippen LogP contribution in [0.4, 0.5) is 10.5 Å². The van der Waals surface area contributed by atoms with Crippen LogP contribution in [0.1, 0.15) is 26.2 Å². The highest BCUT2D eigenvalue weighted by molar-refractivity contribution is 5.93. The van der Waals surface area contributed by atoms with Crippen LogP contribution < -0.4 is 16.0 Å². The quantitative estimate of drug-likeness (QED) is 0.778. The standard InChI is InChI=1S/C17H24N4O2.ClH/c1-12(18-17(23)20-13-5-3-2-4-6-13)16(22)21-10-9-14-7-8-15(11-21)19-14;/h2-6,12,14-15,19H,7-11H2,1H3,(H2,18,20,23);1H. The summed E-state index contributed by atoms with van der Waals surface area (Å²) in [7, 11) is 0. The van der Waals surface area contributed by atoms with E-state index >= 15 is 0 Å². The van der Waals surface area contributed by atoms with Gasteiger partial charge in [0.05, 0.1) is 0 Å². The number of nitrogens with one attached hydrogen (secondary N) is 3. The van der Waals surface area contributed by atoms with Crippen LogP contribution in [0.5, 0.6) is 0 Å². The average molecular weight is 353 g/mol. The minimum atomic E-state index is -0.532. The fraction of sp³-hybridized carbons (Fsp3) is 0.529. The molecule has 132 valence electrons. The Labute approximate surface area is 148 Å². The molecule has 0 saturated carbocycles. The number of anilines is 1. The van der Waals surface area contributed by atoms with E-state index < -0.39 is 6.04 Å². The maximum absolute atomic E-state index is 12.6. The molecule has 2 aliphatic rings. The number of nitrogens with zero attached hydrogens (tertiary/aromatic N) is 1. The smallest absolute Gasteiger partial charge is 0.319 e. The van der Waals surface area contributed by atoms with Crippen molar-refractivity contribution in [3.8, 4) is 0 Å². The van der Waals surface area contributed by atoms with Crippen molar-refractivity contribution in [2.75, 3.05) is 18.4 Å². The van der Waals surface area contributed by atoms with Crippen LogP contribution in [-0.2, 0) is 4.79 Å². The lowest BCUT2D eigenvalue weighted by molar-refractivity contribution is -0.133. The number of urea groups is 1. The lowest BCUT2D eigenvalue weighted by atomic mass is 10.1. The maximum atomic E-state index is 12.6. The van der Waals surface area contributed by atoms with Crippen molar-refractivity contribution < 1.29 is 9.59 Å². The van der Waals surface area contributed by atoms with Gasteiger partial charge in [-0.3, -0.25) is 4.79 Å². The molecule has 0 aliphatic carbocycles. The van der Waals surface area contributed by atoms with Crippen LogP contribution in [0.3, 0.4) is 0 Å². The number of amides is 3. The zero-order chi connectivity index (χ0) is 16.2. The highest BCUT2D eigenvalue weighted by Crippen LogP contribution is 2.20. The number of likely N-dealkylation sites (tertiary alicyclic amines) is 1. The molecule has 2 aliphatic heterocycles. The second-order valence-corrected chi connectivity index (χ2v) is 6.40. The Kier molecular flexibility index (Phi) is 6.45. The van der Waals surface area contributed by atoms with Crippen molar-refractivity contribution in [1.29, 1.82) is 0 Å². The van der Waals surface area contributed by atoms with Crippen molar-refractivity contribution in [1.82, 2.24) is 15.5 Å². The number of hydrogen-bond donors (Lipinski definition) is 3. The van der Waals surface area contributed by atoms with Gasteiger partial charge >= 0.3 is 6.03 Å². The number of rotatable bonds is 3. The van der Waals surface area contributed by atoms with Crippen molar-refractivity contribution in [2.24, 2.45) is 0 Å². The lowest BCUT2D eigenvalue weighted by Gasteiger charge is -2.27. The van der Waals surface area contributed by atoms with Crippen molar-refractivity contribution in [2.45, 2.75) is 44.3 Å². The van der Waals surface area contributed by atoms with Gasteiger partial charge in [0.2, 0.25) is 5.91 Å². The first-order valence-corrected chi connectivity index (χ1v) is 8.29. The molecule has 3 unspecified atom stereocenters. The van der Waals surface area contributed by atoms with Gasteiger partial charge in [-0.2, -0.15) is 0 Å². The molecular formula is C17H25ClN4O2. The minimum absolute atomic E-state index is 0. The summed E-state index contributed by atoms with van der Waals surface area (Å²) in [5.41, 5.74) is 0.709. The molecule has 2 heterocycles. The maximum Gasteiger partial charge on any atom is 0.319 e. The molecule has 3 atom stereocenters. The number of para-hydroxylation sites is 1. The zero-order valence-corrected chi connectivity index (χ0v) is 14.6. The largest absolute Gasteiger partial charge is 0.339 e. The van der Waals surface area contributed by atoms with Gasteiger partial charge in [0, 0.05) is 30.9 Å². The highest BCUT2D eigenvalue weighted by Gasteiger charge is 2.32. The van der Waals surface area contributed by atoms with Crippen molar-refractivity contribution in [3.05, 3.63) is 30.3 Å². The van der Waals surface area contributed by atoms with Crippen molar-refractivity contribution >= 4 is 30.0 Å². The molecule has 0 aromatic heterocycles. The number of halogens is 1. The Morgan fingerprint density at radius 2 is 1.88 bits per heavy atom. The molecule has 0 radical (unpaired) electrons. The molecule has 2 bridgehead atoms. The van der Waals surface area contributed by atoms with Gasteiger partial charge in [0.25, 0.3) is 0 Å². The number of benzene rings is 1. The molecule has 2 saturated heterocycles. The summed E-state index contributed by atoms with van der Waals surface area (Å²) >= 11 is 0. The SMILES string of the molecule is CC(NC(=O)Nc1ccccc1)C(=O)N1CCC2CCC(C1)N2.Cl. The molecule has 3 N–H and O–H groups in total. The summed E-state index contributed by atoms with van der Waals surface area (Å²) in [5.74, 6) is -0.0115. The Balaban J connectivity index is 0.00000208. The van der Waals surface area contributed by atoms with Crippen LogP contribution in [0.15, 0.2) is 30.3 Å². The predicted molar refractivity (Wildman–Crippen MR) is 96.4 cm³/mol. The van der Waals surface area contributed by atoms with Gasteiger partial charge in [-0.15, -0.1) is 12.4 Å². The van der Waals surface area contributed by atoms with Crippen LogP contribution >= 0.6 is 12.4 Å². The fourth-order valence-corrected chi connectivity index (χ4v) is 3.36. The van der Waals surface area contributed by atoms with E-state index in [-0.39, 0.29) is 24.3 Å². The van der Waals surface area contributed by atoms with E-state index in [2.05, 4.69) is 16.0 Å². The first kappa shape index (κ1) is 18.5. The lowest BCUT2D eigenvalue weighted by Crippen LogP contribution is -2.50. The van der Waals surface area contributed by atoms with E-state index in [0.29, 0.717) is 17.8 Å². The molecule has 3 amide bonds. The monoisotopic (exact) mass is 352 g/mol. The van der Waals surface area contributed by atoms with E-state index in [0.717, 1.165) is 25.9 Å². The number of hydrogen-bond acceptors (Lipinski definition) is 3. The Hall–Kier alpha value is -1.79. The van der Waals surface area contributed by atoms with Crippen LogP contribution in [0, 0.1) is 0 Å². The topological polar surface area (TPSA) is 73.5 Å². The summed E-state index contributed by atoms with van der Waals surface area (Å²) in [6.45, 7) is 3.24. The predicted octanol–water partition coefficient (Wildman–Crippen LogP) is 1.97. The second-order valence-electron chi connectivity index (χ2n) is 6.40. The van der Waals surface area contributed by atoms with E-state index in [1.807, 2.05) is 35.2 Å². The van der Waals surface area contributed by atoms with Gasteiger partial charge in [0.1, 0.15) is 6.04 Å². The van der Waals surface area contributed by atoms with Crippen molar-refractivity contribution in [3.63, 3.8) is 0 Å². The van der Waals surface area contributed by atoms with E-state index in [4.69, 9.17) is 0 Å². The molecule has 2 fully saturated rings. The van der Waals surface area contributed by atoms with Crippen LogP contribution in [0.2, 0.25) is 0 Å². The highest BCUT2D eigenvalue weighted by atomic mass is 35.5.